The van der Waals surface area contributed by atoms with E-state index in [2.05, 4.69) is 52.1 Å². The van der Waals surface area contributed by atoms with Gasteiger partial charge in [-0.1, -0.05) is 28.1 Å². The van der Waals surface area contributed by atoms with Crippen molar-refractivity contribution in [3.63, 3.8) is 0 Å². The van der Waals surface area contributed by atoms with Crippen LogP contribution in [0.15, 0.2) is 28.7 Å². The molecule has 1 aromatic carbocycles. The summed E-state index contributed by atoms with van der Waals surface area (Å²) in [6.07, 6.45) is 2.32. The second kappa shape index (κ2) is 6.99. The predicted molar refractivity (Wildman–Crippen MR) is 69.0 cm³/mol. The Kier molecular flexibility index (Phi) is 5.91. The standard InChI is InChI=1S/C12H19BrN2/c1-15(9-7-14)8-3-5-11-4-2-6-12(13)10-11/h2,4,6,10H,3,5,7-9,14H2,1H3. The molecule has 0 aliphatic carbocycles. The van der Waals surface area contributed by atoms with Gasteiger partial charge in [-0.25, -0.2) is 0 Å². The largest absolute Gasteiger partial charge is 0.329 e. The van der Waals surface area contributed by atoms with Gasteiger partial charge in [0.05, 0.1) is 0 Å². The molecule has 84 valence electrons. The highest BCUT2D eigenvalue weighted by Gasteiger charge is 1.98. The van der Waals surface area contributed by atoms with Gasteiger partial charge < -0.3 is 10.6 Å². The summed E-state index contributed by atoms with van der Waals surface area (Å²) in [5.74, 6) is 0. The van der Waals surface area contributed by atoms with Crippen LogP contribution in [-0.2, 0) is 6.42 Å². The molecule has 0 fully saturated rings. The molecule has 0 unspecified atom stereocenters. The van der Waals surface area contributed by atoms with Crippen LogP contribution in [0, 0.1) is 0 Å². The fraction of sp³-hybridized carbons (Fsp3) is 0.500. The van der Waals surface area contributed by atoms with Gasteiger partial charge in [0.15, 0.2) is 0 Å². The second-order valence-corrected chi connectivity index (χ2v) is 4.74. The van der Waals surface area contributed by atoms with Crippen molar-refractivity contribution in [3.8, 4) is 0 Å². The minimum Gasteiger partial charge on any atom is -0.329 e. The quantitative estimate of drug-likeness (QED) is 0.860. The zero-order valence-electron chi connectivity index (χ0n) is 9.25. The number of aryl methyl sites for hydroxylation is 1. The number of halogens is 1. The third-order valence-electron chi connectivity index (χ3n) is 2.41. The molecular formula is C12H19BrN2. The van der Waals surface area contributed by atoms with E-state index >= 15 is 0 Å². The van der Waals surface area contributed by atoms with Gasteiger partial charge in [-0.15, -0.1) is 0 Å². The Morgan fingerprint density at radius 3 is 2.80 bits per heavy atom. The molecule has 1 rings (SSSR count). The van der Waals surface area contributed by atoms with Gasteiger partial charge >= 0.3 is 0 Å². The molecule has 0 radical (unpaired) electrons. The van der Waals surface area contributed by atoms with E-state index in [1.165, 1.54) is 12.0 Å². The molecular weight excluding hydrogens is 252 g/mol. The van der Waals surface area contributed by atoms with Gasteiger partial charge in [-0.05, 0) is 44.1 Å². The fourth-order valence-electron chi connectivity index (χ4n) is 1.58. The molecule has 2 N–H and O–H groups in total. The van der Waals surface area contributed by atoms with Crippen molar-refractivity contribution >= 4 is 15.9 Å². The zero-order chi connectivity index (χ0) is 11.1. The maximum absolute atomic E-state index is 5.48. The first-order valence-electron chi connectivity index (χ1n) is 5.35. The molecule has 2 nitrogen and oxygen atoms in total. The highest BCUT2D eigenvalue weighted by atomic mass is 79.9. The van der Waals surface area contributed by atoms with Crippen LogP contribution in [0.1, 0.15) is 12.0 Å². The highest BCUT2D eigenvalue weighted by Crippen LogP contribution is 2.12. The number of nitrogens with two attached hydrogens (primary N) is 1. The van der Waals surface area contributed by atoms with Crippen LogP contribution >= 0.6 is 15.9 Å². The van der Waals surface area contributed by atoms with Crippen molar-refractivity contribution < 1.29 is 0 Å². The molecule has 0 saturated heterocycles. The first kappa shape index (κ1) is 12.7. The Bertz CT molecular complexity index is 289. The Hall–Kier alpha value is -0.380. The van der Waals surface area contributed by atoms with Gasteiger partial charge in [0.2, 0.25) is 0 Å². The van der Waals surface area contributed by atoms with E-state index < -0.39 is 0 Å². The Labute approximate surface area is 101 Å². The average Bonchev–Trinajstić information content (AvgIpc) is 2.18. The van der Waals surface area contributed by atoms with E-state index in [9.17, 15) is 0 Å². The summed E-state index contributed by atoms with van der Waals surface area (Å²) in [5, 5.41) is 0. The lowest BCUT2D eigenvalue weighted by atomic mass is 10.1. The van der Waals surface area contributed by atoms with Crippen LogP contribution in [0.5, 0.6) is 0 Å². The molecule has 0 bridgehead atoms. The van der Waals surface area contributed by atoms with E-state index in [4.69, 9.17) is 5.73 Å². The number of rotatable bonds is 6. The molecule has 0 spiro atoms. The monoisotopic (exact) mass is 270 g/mol. The van der Waals surface area contributed by atoms with Crippen molar-refractivity contribution in [3.05, 3.63) is 34.3 Å². The Morgan fingerprint density at radius 2 is 2.13 bits per heavy atom. The number of benzene rings is 1. The van der Waals surface area contributed by atoms with Gasteiger partial charge in [-0.2, -0.15) is 0 Å². The fourth-order valence-corrected chi connectivity index (χ4v) is 2.02. The predicted octanol–water partition coefficient (Wildman–Crippen LogP) is 2.27. The summed E-state index contributed by atoms with van der Waals surface area (Å²) in [5.41, 5.74) is 6.88. The summed E-state index contributed by atoms with van der Waals surface area (Å²) in [6, 6.07) is 8.50. The molecule has 0 aromatic heterocycles. The first-order chi connectivity index (χ1) is 7.22. The molecule has 0 aliphatic rings. The molecule has 15 heavy (non-hydrogen) atoms. The van der Waals surface area contributed by atoms with E-state index in [0.29, 0.717) is 0 Å². The minimum absolute atomic E-state index is 0.743. The summed E-state index contributed by atoms with van der Waals surface area (Å²) in [6.45, 7) is 2.84. The molecule has 0 saturated carbocycles. The maximum Gasteiger partial charge on any atom is 0.0177 e. The summed E-state index contributed by atoms with van der Waals surface area (Å²) in [7, 11) is 2.12. The number of nitrogens with zero attached hydrogens (tertiary/aromatic N) is 1. The highest BCUT2D eigenvalue weighted by molar-refractivity contribution is 9.10. The third kappa shape index (κ3) is 5.30. The third-order valence-corrected chi connectivity index (χ3v) is 2.90. The van der Waals surface area contributed by atoms with Crippen molar-refractivity contribution in [2.45, 2.75) is 12.8 Å². The molecule has 0 amide bonds. The Morgan fingerprint density at radius 1 is 1.33 bits per heavy atom. The van der Waals surface area contributed by atoms with Crippen molar-refractivity contribution in [2.24, 2.45) is 5.73 Å². The van der Waals surface area contributed by atoms with Crippen LogP contribution in [-0.4, -0.2) is 31.6 Å². The van der Waals surface area contributed by atoms with Crippen LogP contribution in [0.2, 0.25) is 0 Å². The van der Waals surface area contributed by atoms with Gasteiger partial charge in [0.25, 0.3) is 0 Å². The lowest BCUT2D eigenvalue weighted by Crippen LogP contribution is -2.26. The zero-order valence-corrected chi connectivity index (χ0v) is 10.8. The van der Waals surface area contributed by atoms with Crippen LogP contribution in [0.4, 0.5) is 0 Å². The van der Waals surface area contributed by atoms with E-state index in [1.54, 1.807) is 0 Å². The maximum atomic E-state index is 5.48. The minimum atomic E-state index is 0.743. The van der Waals surface area contributed by atoms with Crippen molar-refractivity contribution in [2.75, 3.05) is 26.7 Å². The van der Waals surface area contributed by atoms with E-state index in [0.717, 1.165) is 30.5 Å². The Balaban J connectivity index is 2.25. The van der Waals surface area contributed by atoms with Crippen molar-refractivity contribution in [1.29, 1.82) is 0 Å². The van der Waals surface area contributed by atoms with E-state index in [-0.39, 0.29) is 0 Å². The molecule has 1 aromatic rings. The second-order valence-electron chi connectivity index (χ2n) is 3.83. The number of hydrogen-bond donors (Lipinski definition) is 1. The SMILES string of the molecule is CN(CCN)CCCc1cccc(Br)c1. The first-order valence-corrected chi connectivity index (χ1v) is 6.14. The lowest BCUT2D eigenvalue weighted by Gasteiger charge is -2.14. The summed E-state index contributed by atoms with van der Waals surface area (Å²) in [4.78, 5) is 2.28. The molecule has 0 aliphatic heterocycles. The van der Waals surface area contributed by atoms with Crippen LogP contribution in [0.3, 0.4) is 0 Å². The summed E-state index contributed by atoms with van der Waals surface area (Å²) < 4.78 is 1.16. The number of likely N-dealkylation sites (N-methyl/N-ethyl adjacent to an activating group) is 1. The van der Waals surface area contributed by atoms with E-state index in [1.807, 2.05) is 0 Å². The molecule has 0 atom stereocenters. The van der Waals surface area contributed by atoms with Gasteiger partial charge in [0, 0.05) is 17.6 Å². The smallest absolute Gasteiger partial charge is 0.0177 e. The van der Waals surface area contributed by atoms with Crippen LogP contribution in [0.25, 0.3) is 0 Å². The van der Waals surface area contributed by atoms with Gasteiger partial charge in [0.1, 0.15) is 0 Å². The van der Waals surface area contributed by atoms with Crippen molar-refractivity contribution in [1.82, 2.24) is 4.90 Å². The molecule has 0 heterocycles. The lowest BCUT2D eigenvalue weighted by molar-refractivity contribution is 0.338. The van der Waals surface area contributed by atoms with Gasteiger partial charge in [-0.3, -0.25) is 0 Å². The molecule has 3 heteroatoms. The van der Waals surface area contributed by atoms with Crippen LogP contribution < -0.4 is 5.73 Å². The number of hydrogen-bond acceptors (Lipinski definition) is 2. The normalized spacial score (nSPS) is 10.9. The topological polar surface area (TPSA) is 29.3 Å². The average molecular weight is 271 g/mol. The summed E-state index contributed by atoms with van der Waals surface area (Å²) >= 11 is 3.48.